The van der Waals surface area contributed by atoms with Crippen LogP contribution < -0.4 is 4.57 Å². The summed E-state index contributed by atoms with van der Waals surface area (Å²) in [6.07, 6.45) is 1.92. The van der Waals surface area contributed by atoms with Crippen molar-refractivity contribution in [2.45, 2.75) is 18.4 Å². The molecule has 0 spiro atoms. The Bertz CT molecular complexity index is 897. The Morgan fingerprint density at radius 2 is 1.83 bits per heavy atom. The van der Waals surface area contributed by atoms with Crippen molar-refractivity contribution >= 4 is 31.7 Å². The molecule has 2 aromatic carbocycles. The lowest BCUT2D eigenvalue weighted by molar-refractivity contribution is -0.656. The molecule has 0 saturated heterocycles. The molecule has 0 fully saturated rings. The van der Waals surface area contributed by atoms with E-state index < -0.39 is 10.1 Å². The first-order valence-corrected chi connectivity index (χ1v) is 9.20. The zero-order valence-electron chi connectivity index (χ0n) is 12.7. The Morgan fingerprint density at radius 3 is 2.43 bits per heavy atom. The van der Waals surface area contributed by atoms with Crippen LogP contribution in [0.5, 0.6) is 0 Å². The molecule has 0 bridgehead atoms. The fourth-order valence-electron chi connectivity index (χ4n) is 1.96. The molecule has 6 heteroatoms. The molecule has 120 valence electrons. The minimum absolute atomic E-state index is 0.178. The predicted molar refractivity (Wildman–Crippen MR) is 91.4 cm³/mol. The molecule has 3 rings (SSSR count). The summed E-state index contributed by atoms with van der Waals surface area (Å²) in [6.45, 7) is 6.44. The van der Waals surface area contributed by atoms with Crippen molar-refractivity contribution in [2.24, 2.45) is 0 Å². The molecule has 0 aliphatic carbocycles. The highest BCUT2D eigenvalue weighted by atomic mass is 32.2. The molecule has 23 heavy (non-hydrogen) atoms. The number of aryl methyl sites for hydroxylation is 1. The van der Waals surface area contributed by atoms with Crippen LogP contribution >= 0.6 is 11.3 Å². The van der Waals surface area contributed by atoms with Gasteiger partial charge in [-0.25, -0.2) is 8.42 Å². The number of thiazole rings is 1. The summed E-state index contributed by atoms with van der Waals surface area (Å²) in [5, 5.41) is 0. The lowest BCUT2D eigenvalue weighted by Gasteiger charge is -2.05. The number of nitrogens with zero attached hydrogens (tertiary/aromatic N) is 1. The topological polar surface area (TPSA) is 61.1 Å². The second-order valence-corrected chi connectivity index (χ2v) is 7.17. The standard InChI is InChI=1S/C10H10NS.C7H8O3S/c1-2-7-11-8-12-10-6-4-3-5-9(10)11;1-6-2-4-7(5-3-6)11(8,9)10/h2-6,8H,1,7H2;2-5H,1H3,(H,8,9,10)/q+1;/p-1. The fraction of sp³-hybridized carbons (Fsp3) is 0.118. The van der Waals surface area contributed by atoms with E-state index in [4.69, 9.17) is 0 Å². The number of rotatable bonds is 3. The second-order valence-electron chi connectivity index (χ2n) is 4.90. The molecule has 3 aromatic rings. The summed E-state index contributed by atoms with van der Waals surface area (Å²) in [5.41, 5.74) is 4.35. The van der Waals surface area contributed by atoms with Gasteiger partial charge in [0.25, 0.3) is 0 Å². The molecule has 0 aliphatic rings. The first kappa shape index (κ1) is 17.3. The van der Waals surface area contributed by atoms with Gasteiger partial charge in [0.2, 0.25) is 11.0 Å². The van der Waals surface area contributed by atoms with Crippen LogP contribution in [0.25, 0.3) is 10.2 Å². The van der Waals surface area contributed by atoms with Gasteiger partial charge in [0.15, 0.2) is 6.54 Å². The summed E-state index contributed by atoms with van der Waals surface area (Å²) in [6, 6.07) is 14.2. The van der Waals surface area contributed by atoms with E-state index in [2.05, 4.69) is 40.9 Å². The van der Waals surface area contributed by atoms with Crippen LogP contribution in [0.1, 0.15) is 5.56 Å². The van der Waals surface area contributed by atoms with Gasteiger partial charge in [0, 0.05) is 6.07 Å². The van der Waals surface area contributed by atoms with E-state index in [0.29, 0.717) is 0 Å². The van der Waals surface area contributed by atoms with E-state index >= 15 is 0 Å². The number of para-hydroxylation sites is 1. The number of fused-ring (bicyclic) bond motifs is 1. The predicted octanol–water partition coefficient (Wildman–Crippen LogP) is 3.27. The molecule has 4 nitrogen and oxygen atoms in total. The molecule has 0 atom stereocenters. The SMILES string of the molecule is C=CC[n+]1csc2ccccc21.Cc1ccc(S(=O)(=O)[O-])cc1. The summed E-state index contributed by atoms with van der Waals surface area (Å²) in [4.78, 5) is -0.178. The van der Waals surface area contributed by atoms with E-state index in [1.54, 1.807) is 23.5 Å². The fourth-order valence-corrected chi connectivity index (χ4v) is 3.33. The van der Waals surface area contributed by atoms with Gasteiger partial charge in [-0.1, -0.05) is 47.7 Å². The van der Waals surface area contributed by atoms with Gasteiger partial charge < -0.3 is 4.55 Å². The van der Waals surface area contributed by atoms with Crippen molar-refractivity contribution in [3.63, 3.8) is 0 Å². The third-order valence-corrected chi connectivity index (χ3v) is 4.93. The smallest absolute Gasteiger partial charge is 0.226 e. The van der Waals surface area contributed by atoms with Crippen molar-refractivity contribution < 1.29 is 17.5 Å². The third kappa shape index (κ3) is 4.72. The minimum atomic E-state index is -4.27. The highest BCUT2D eigenvalue weighted by Crippen LogP contribution is 2.14. The monoisotopic (exact) mass is 347 g/mol. The van der Waals surface area contributed by atoms with Gasteiger partial charge in [0.1, 0.15) is 14.8 Å². The maximum atomic E-state index is 10.4. The Hall–Kier alpha value is -2.02. The molecular weight excluding hydrogens is 330 g/mol. The Balaban J connectivity index is 0.000000168. The number of aromatic nitrogens is 1. The molecule has 0 N–H and O–H groups in total. The molecule has 0 saturated carbocycles. The zero-order valence-corrected chi connectivity index (χ0v) is 14.3. The summed E-state index contributed by atoms with van der Waals surface area (Å²) < 4.78 is 34.7. The van der Waals surface area contributed by atoms with Crippen LogP contribution in [-0.2, 0) is 16.7 Å². The molecule has 0 amide bonds. The highest BCUT2D eigenvalue weighted by molar-refractivity contribution is 7.85. The molecule has 1 aromatic heterocycles. The Labute approximate surface area is 140 Å². The Morgan fingerprint density at radius 1 is 1.17 bits per heavy atom. The van der Waals surface area contributed by atoms with Crippen LogP contribution in [0.3, 0.4) is 0 Å². The second kappa shape index (κ2) is 7.50. The van der Waals surface area contributed by atoms with Gasteiger partial charge in [-0.15, -0.1) is 0 Å². The first-order valence-electron chi connectivity index (χ1n) is 6.91. The molecule has 1 heterocycles. The third-order valence-electron chi connectivity index (χ3n) is 3.12. The van der Waals surface area contributed by atoms with Crippen LogP contribution in [0.4, 0.5) is 0 Å². The van der Waals surface area contributed by atoms with Gasteiger partial charge in [-0.2, -0.15) is 4.57 Å². The maximum absolute atomic E-state index is 10.4. The summed E-state index contributed by atoms with van der Waals surface area (Å²) >= 11 is 1.77. The maximum Gasteiger partial charge on any atom is 0.226 e. The van der Waals surface area contributed by atoms with E-state index in [0.717, 1.165) is 12.1 Å². The largest absolute Gasteiger partial charge is 0.744 e. The van der Waals surface area contributed by atoms with E-state index in [1.165, 1.54) is 22.3 Å². The quantitative estimate of drug-likeness (QED) is 0.415. The van der Waals surface area contributed by atoms with Crippen LogP contribution in [0.2, 0.25) is 0 Å². The normalized spacial score (nSPS) is 10.9. The molecule has 0 aliphatic heterocycles. The van der Waals surface area contributed by atoms with Gasteiger partial charge in [-0.3, -0.25) is 0 Å². The van der Waals surface area contributed by atoms with Crippen molar-refractivity contribution in [3.05, 3.63) is 72.3 Å². The molecular formula is C17H17NO3S2. The van der Waals surface area contributed by atoms with Gasteiger partial charge in [-0.05, 0) is 31.2 Å². The van der Waals surface area contributed by atoms with Crippen LogP contribution in [0.15, 0.2) is 71.6 Å². The first-order chi connectivity index (χ1) is 10.9. The zero-order chi connectivity index (χ0) is 16.9. The average molecular weight is 347 g/mol. The number of allylic oxidation sites excluding steroid dienone is 1. The van der Waals surface area contributed by atoms with E-state index in [9.17, 15) is 13.0 Å². The number of benzene rings is 2. The van der Waals surface area contributed by atoms with Crippen molar-refractivity contribution in [3.8, 4) is 0 Å². The highest BCUT2D eigenvalue weighted by Gasteiger charge is 2.07. The van der Waals surface area contributed by atoms with Crippen molar-refractivity contribution in [1.82, 2.24) is 0 Å². The van der Waals surface area contributed by atoms with Crippen molar-refractivity contribution in [2.75, 3.05) is 0 Å². The van der Waals surface area contributed by atoms with E-state index in [1.807, 2.05) is 13.0 Å². The van der Waals surface area contributed by atoms with Gasteiger partial charge >= 0.3 is 0 Å². The number of hydrogen-bond acceptors (Lipinski definition) is 4. The minimum Gasteiger partial charge on any atom is -0.744 e. The average Bonchev–Trinajstić information content (AvgIpc) is 2.91. The lowest BCUT2D eigenvalue weighted by Crippen LogP contribution is -2.29. The summed E-state index contributed by atoms with van der Waals surface area (Å²) in [5.74, 6) is 0. The number of hydrogen-bond donors (Lipinski definition) is 0. The van der Waals surface area contributed by atoms with Gasteiger partial charge in [0.05, 0.1) is 4.90 Å². The van der Waals surface area contributed by atoms with Crippen LogP contribution in [-0.4, -0.2) is 13.0 Å². The Kier molecular flexibility index (Phi) is 5.65. The lowest BCUT2D eigenvalue weighted by atomic mass is 10.2. The van der Waals surface area contributed by atoms with Crippen molar-refractivity contribution in [1.29, 1.82) is 0 Å². The molecule has 0 unspecified atom stereocenters. The van der Waals surface area contributed by atoms with E-state index in [-0.39, 0.29) is 4.90 Å². The van der Waals surface area contributed by atoms with Crippen LogP contribution in [0, 0.1) is 6.92 Å². The molecule has 0 radical (unpaired) electrons. The summed E-state index contributed by atoms with van der Waals surface area (Å²) in [7, 11) is -4.27.